The number of rotatable bonds is 18. The number of phenols is 1. The van der Waals surface area contributed by atoms with Crippen LogP contribution in [0.2, 0.25) is 0 Å². The molecule has 3 N–H and O–H groups in total. The zero-order valence-electron chi connectivity index (χ0n) is 18.9. The molecule has 0 spiro atoms. The number of aliphatic hydroxyl groups is 1. The summed E-state index contributed by atoms with van der Waals surface area (Å²) in [6.07, 6.45) is 26.3. The molecule has 0 aliphatic heterocycles. The lowest BCUT2D eigenvalue weighted by molar-refractivity contribution is 0.241. The van der Waals surface area contributed by atoms with E-state index in [0.29, 0.717) is 0 Å². The molecule has 168 valence electrons. The van der Waals surface area contributed by atoms with Gasteiger partial charge in [0.2, 0.25) is 0 Å². The van der Waals surface area contributed by atoms with Gasteiger partial charge in [0.15, 0.2) is 0 Å². The fraction of sp³-hybridized carbons (Fsp3) is 0.556. The van der Waals surface area contributed by atoms with Gasteiger partial charge in [0.05, 0.1) is 6.61 Å². The van der Waals surface area contributed by atoms with Crippen molar-refractivity contribution < 1.29 is 10.2 Å². The standard InChI is InChI=1S/C27H43NO2/c1-2-3-4-5-6-7-8-9-10-11-12-13-14-15-16-17-22-28-26(24-29)23-25-18-20-27(30)21-19-25/h3-4,6-7,9-10,18-21,26,28-30H,2,5,8,11-17,22-24H2,1H3/b4-3-,7-6-,10-9-/t26-/m0/s1. The fourth-order valence-corrected chi connectivity index (χ4v) is 3.34. The summed E-state index contributed by atoms with van der Waals surface area (Å²) in [5.41, 5.74) is 1.13. The van der Waals surface area contributed by atoms with E-state index in [1.165, 1.54) is 38.5 Å². The Morgan fingerprint density at radius 2 is 1.40 bits per heavy atom. The van der Waals surface area contributed by atoms with Crippen LogP contribution in [-0.4, -0.2) is 29.4 Å². The molecule has 0 radical (unpaired) electrons. The number of hydrogen-bond acceptors (Lipinski definition) is 3. The first-order valence-electron chi connectivity index (χ1n) is 11.8. The number of nitrogens with one attached hydrogen (secondary N) is 1. The third-order valence-electron chi connectivity index (χ3n) is 5.15. The topological polar surface area (TPSA) is 52.5 Å². The second-order valence-electron chi connectivity index (χ2n) is 7.91. The lowest BCUT2D eigenvalue weighted by Crippen LogP contribution is -2.35. The van der Waals surface area contributed by atoms with Crippen molar-refractivity contribution in [2.45, 2.75) is 83.6 Å². The van der Waals surface area contributed by atoms with E-state index >= 15 is 0 Å². The third-order valence-corrected chi connectivity index (χ3v) is 5.15. The summed E-state index contributed by atoms with van der Waals surface area (Å²) < 4.78 is 0. The van der Waals surface area contributed by atoms with Gasteiger partial charge in [-0.05, 0) is 69.2 Å². The molecule has 1 aromatic rings. The van der Waals surface area contributed by atoms with Gasteiger partial charge in [-0.15, -0.1) is 0 Å². The van der Waals surface area contributed by atoms with Crippen molar-refractivity contribution >= 4 is 0 Å². The summed E-state index contributed by atoms with van der Waals surface area (Å²) in [5.74, 6) is 0.284. The van der Waals surface area contributed by atoms with Crippen LogP contribution in [-0.2, 0) is 6.42 Å². The molecule has 0 aliphatic carbocycles. The van der Waals surface area contributed by atoms with E-state index < -0.39 is 0 Å². The average molecular weight is 414 g/mol. The van der Waals surface area contributed by atoms with Crippen LogP contribution >= 0.6 is 0 Å². The Morgan fingerprint density at radius 1 is 0.800 bits per heavy atom. The second-order valence-corrected chi connectivity index (χ2v) is 7.91. The molecule has 0 amide bonds. The van der Waals surface area contributed by atoms with E-state index in [4.69, 9.17) is 0 Å². The molecule has 3 heteroatoms. The molecule has 0 heterocycles. The summed E-state index contributed by atoms with van der Waals surface area (Å²) in [6, 6.07) is 7.31. The molecule has 1 rings (SSSR count). The normalized spacial score (nSPS) is 13.1. The zero-order chi connectivity index (χ0) is 21.7. The zero-order valence-corrected chi connectivity index (χ0v) is 18.9. The second kappa shape index (κ2) is 19.1. The highest BCUT2D eigenvalue weighted by molar-refractivity contribution is 5.26. The molecule has 3 nitrogen and oxygen atoms in total. The molecule has 1 atom stereocenters. The van der Waals surface area contributed by atoms with Crippen LogP contribution in [0.25, 0.3) is 0 Å². The summed E-state index contributed by atoms with van der Waals surface area (Å²) in [7, 11) is 0. The van der Waals surface area contributed by atoms with Gasteiger partial charge in [-0.2, -0.15) is 0 Å². The Balaban J connectivity index is 1.92. The Hall–Kier alpha value is -1.84. The van der Waals surface area contributed by atoms with Crippen molar-refractivity contribution in [2.24, 2.45) is 0 Å². The van der Waals surface area contributed by atoms with Gasteiger partial charge in [-0.25, -0.2) is 0 Å². The van der Waals surface area contributed by atoms with Crippen molar-refractivity contribution in [3.63, 3.8) is 0 Å². The Kier molecular flexibility index (Phi) is 16.7. The molecule has 0 saturated carbocycles. The van der Waals surface area contributed by atoms with Crippen molar-refractivity contribution in [2.75, 3.05) is 13.2 Å². The predicted molar refractivity (Wildman–Crippen MR) is 130 cm³/mol. The van der Waals surface area contributed by atoms with E-state index in [0.717, 1.165) is 44.2 Å². The number of phenolic OH excluding ortho intramolecular Hbond substituents is 1. The SMILES string of the molecule is CC/C=C\C/C=C\C/C=C\CCCCCCCCN[C@H](CO)Cc1ccc(O)cc1. The minimum Gasteiger partial charge on any atom is -0.508 e. The van der Waals surface area contributed by atoms with Gasteiger partial charge in [0.25, 0.3) is 0 Å². The summed E-state index contributed by atoms with van der Waals surface area (Å²) in [6.45, 7) is 3.25. The first-order valence-corrected chi connectivity index (χ1v) is 11.8. The molecule has 1 aromatic carbocycles. The van der Waals surface area contributed by atoms with Gasteiger partial charge in [-0.1, -0.05) is 81.2 Å². The van der Waals surface area contributed by atoms with E-state index in [1.807, 2.05) is 12.1 Å². The molecule has 0 saturated heterocycles. The van der Waals surface area contributed by atoms with Gasteiger partial charge < -0.3 is 15.5 Å². The number of hydrogen-bond donors (Lipinski definition) is 3. The van der Waals surface area contributed by atoms with E-state index in [1.54, 1.807) is 12.1 Å². The van der Waals surface area contributed by atoms with Crippen LogP contribution in [0.15, 0.2) is 60.7 Å². The van der Waals surface area contributed by atoms with Crippen molar-refractivity contribution in [3.8, 4) is 5.75 Å². The summed E-state index contributed by atoms with van der Waals surface area (Å²) in [5, 5.41) is 22.3. The lowest BCUT2D eigenvalue weighted by Gasteiger charge is -2.16. The number of aliphatic hydroxyl groups excluding tert-OH is 1. The molecular weight excluding hydrogens is 370 g/mol. The smallest absolute Gasteiger partial charge is 0.115 e. The van der Waals surface area contributed by atoms with Crippen LogP contribution in [0.3, 0.4) is 0 Å². The van der Waals surface area contributed by atoms with Crippen molar-refractivity contribution in [1.29, 1.82) is 0 Å². The first kappa shape index (κ1) is 26.2. The maximum absolute atomic E-state index is 9.55. The van der Waals surface area contributed by atoms with Crippen LogP contribution in [0.4, 0.5) is 0 Å². The van der Waals surface area contributed by atoms with Gasteiger partial charge in [-0.3, -0.25) is 0 Å². The number of unbranched alkanes of at least 4 members (excludes halogenated alkanes) is 6. The molecule has 0 aliphatic rings. The van der Waals surface area contributed by atoms with Crippen molar-refractivity contribution in [3.05, 3.63) is 66.3 Å². The van der Waals surface area contributed by atoms with Gasteiger partial charge in [0, 0.05) is 6.04 Å². The van der Waals surface area contributed by atoms with Crippen LogP contribution in [0, 0.1) is 0 Å². The summed E-state index contributed by atoms with van der Waals surface area (Å²) in [4.78, 5) is 0. The first-order chi connectivity index (χ1) is 14.8. The van der Waals surface area contributed by atoms with Crippen molar-refractivity contribution in [1.82, 2.24) is 5.32 Å². The minimum absolute atomic E-state index is 0.0870. The maximum atomic E-state index is 9.55. The van der Waals surface area contributed by atoms with Gasteiger partial charge >= 0.3 is 0 Å². The van der Waals surface area contributed by atoms with Gasteiger partial charge in [0.1, 0.15) is 5.75 Å². The number of allylic oxidation sites excluding steroid dienone is 6. The lowest BCUT2D eigenvalue weighted by atomic mass is 10.1. The molecule has 30 heavy (non-hydrogen) atoms. The highest BCUT2D eigenvalue weighted by Gasteiger charge is 2.07. The highest BCUT2D eigenvalue weighted by Crippen LogP contribution is 2.12. The minimum atomic E-state index is 0.0870. The van der Waals surface area contributed by atoms with E-state index in [-0.39, 0.29) is 18.4 Å². The molecule has 0 fully saturated rings. The maximum Gasteiger partial charge on any atom is 0.115 e. The Bertz CT molecular complexity index is 589. The van der Waals surface area contributed by atoms with Crippen LogP contribution in [0.1, 0.15) is 76.7 Å². The third kappa shape index (κ3) is 15.1. The Labute approximate surface area is 184 Å². The van der Waals surface area contributed by atoms with Crippen LogP contribution in [0.5, 0.6) is 5.75 Å². The quantitative estimate of drug-likeness (QED) is 0.191. The van der Waals surface area contributed by atoms with E-state index in [2.05, 4.69) is 48.7 Å². The largest absolute Gasteiger partial charge is 0.508 e. The highest BCUT2D eigenvalue weighted by atomic mass is 16.3. The molecular formula is C27H43NO2. The Morgan fingerprint density at radius 3 is 2.07 bits per heavy atom. The monoisotopic (exact) mass is 413 g/mol. The molecule has 0 unspecified atom stereocenters. The number of aromatic hydroxyl groups is 1. The van der Waals surface area contributed by atoms with E-state index in [9.17, 15) is 10.2 Å². The average Bonchev–Trinajstić information content (AvgIpc) is 2.76. The molecule has 0 aromatic heterocycles. The number of benzene rings is 1. The summed E-state index contributed by atoms with van der Waals surface area (Å²) >= 11 is 0. The van der Waals surface area contributed by atoms with Crippen LogP contribution < -0.4 is 5.32 Å². The molecule has 0 bridgehead atoms. The fourth-order valence-electron chi connectivity index (χ4n) is 3.34. The predicted octanol–water partition coefficient (Wildman–Crippen LogP) is 6.47.